The van der Waals surface area contributed by atoms with Gasteiger partial charge in [-0.05, 0) is 18.6 Å². The lowest BCUT2D eigenvalue weighted by molar-refractivity contribution is -0.118. The Bertz CT molecular complexity index is 644. The van der Waals surface area contributed by atoms with Crippen LogP contribution in [0, 0.1) is 0 Å². The van der Waals surface area contributed by atoms with E-state index in [1.54, 1.807) is 11.8 Å². The van der Waals surface area contributed by atoms with Crippen LogP contribution in [0.1, 0.15) is 30.0 Å². The normalized spacial score (nSPS) is 12.3. The highest BCUT2D eigenvalue weighted by Crippen LogP contribution is 2.36. The SMILES string of the molecule is C[C@H](Sc1nnc(CCC(N)=O)n1C)c1ccccc1Cl. The molecule has 0 saturated carbocycles. The summed E-state index contributed by atoms with van der Waals surface area (Å²) in [6.07, 6.45) is 0.774. The Morgan fingerprint density at radius 3 is 2.81 bits per heavy atom. The summed E-state index contributed by atoms with van der Waals surface area (Å²) in [7, 11) is 1.89. The fourth-order valence-electron chi connectivity index (χ4n) is 1.93. The summed E-state index contributed by atoms with van der Waals surface area (Å²) in [5.41, 5.74) is 6.22. The molecule has 2 aromatic rings. The van der Waals surface area contributed by atoms with Gasteiger partial charge >= 0.3 is 0 Å². The molecule has 0 bridgehead atoms. The van der Waals surface area contributed by atoms with Gasteiger partial charge in [-0.2, -0.15) is 0 Å². The van der Waals surface area contributed by atoms with E-state index >= 15 is 0 Å². The molecule has 1 heterocycles. The van der Waals surface area contributed by atoms with Crippen molar-refractivity contribution >= 4 is 29.3 Å². The standard InChI is InChI=1S/C14H17ClN4OS/c1-9(10-5-3-4-6-11(10)15)21-14-18-17-13(19(14)2)8-7-12(16)20/h3-6,9H,7-8H2,1-2H3,(H2,16,20)/t9-/m0/s1. The van der Waals surface area contributed by atoms with Crippen molar-refractivity contribution in [2.45, 2.75) is 30.2 Å². The number of carbonyl (C=O) groups is 1. The van der Waals surface area contributed by atoms with Crippen LogP contribution in [0.4, 0.5) is 0 Å². The second kappa shape index (κ2) is 6.95. The van der Waals surface area contributed by atoms with Crippen LogP contribution in [0.5, 0.6) is 0 Å². The summed E-state index contributed by atoms with van der Waals surface area (Å²) in [6.45, 7) is 2.07. The zero-order valence-electron chi connectivity index (χ0n) is 11.9. The number of aromatic nitrogens is 3. The third-order valence-electron chi connectivity index (χ3n) is 3.15. The molecule has 112 valence electrons. The van der Waals surface area contributed by atoms with Crippen LogP contribution in [0.2, 0.25) is 5.02 Å². The van der Waals surface area contributed by atoms with Crippen LogP contribution in [0.3, 0.4) is 0 Å². The van der Waals surface area contributed by atoms with Crippen molar-refractivity contribution in [1.29, 1.82) is 0 Å². The van der Waals surface area contributed by atoms with Crippen molar-refractivity contribution in [1.82, 2.24) is 14.8 Å². The topological polar surface area (TPSA) is 73.8 Å². The first-order valence-corrected chi connectivity index (χ1v) is 7.82. The lowest BCUT2D eigenvalue weighted by Crippen LogP contribution is -2.12. The zero-order valence-corrected chi connectivity index (χ0v) is 13.5. The predicted octanol–water partition coefficient (Wildman–Crippen LogP) is 2.74. The van der Waals surface area contributed by atoms with E-state index in [2.05, 4.69) is 17.1 Å². The number of halogens is 1. The summed E-state index contributed by atoms with van der Waals surface area (Å²) in [4.78, 5) is 10.8. The van der Waals surface area contributed by atoms with Crippen LogP contribution in [-0.2, 0) is 18.3 Å². The Kier molecular flexibility index (Phi) is 5.25. The summed E-state index contributed by atoms with van der Waals surface area (Å²) in [6, 6.07) is 7.76. The maximum Gasteiger partial charge on any atom is 0.217 e. The van der Waals surface area contributed by atoms with E-state index in [1.165, 1.54) is 0 Å². The van der Waals surface area contributed by atoms with Crippen LogP contribution < -0.4 is 5.73 Å². The van der Waals surface area contributed by atoms with E-state index in [4.69, 9.17) is 17.3 Å². The lowest BCUT2D eigenvalue weighted by Gasteiger charge is -2.12. The zero-order chi connectivity index (χ0) is 15.4. The van der Waals surface area contributed by atoms with Crippen LogP contribution in [-0.4, -0.2) is 20.7 Å². The van der Waals surface area contributed by atoms with Crippen molar-refractivity contribution in [3.63, 3.8) is 0 Å². The average Bonchev–Trinajstić information content (AvgIpc) is 2.78. The van der Waals surface area contributed by atoms with E-state index in [0.29, 0.717) is 6.42 Å². The largest absolute Gasteiger partial charge is 0.370 e. The number of thioether (sulfide) groups is 1. The van der Waals surface area contributed by atoms with Gasteiger partial charge in [0, 0.05) is 30.2 Å². The predicted molar refractivity (Wildman–Crippen MR) is 84.2 cm³/mol. The smallest absolute Gasteiger partial charge is 0.217 e. The highest BCUT2D eigenvalue weighted by molar-refractivity contribution is 7.99. The number of aryl methyl sites for hydroxylation is 1. The van der Waals surface area contributed by atoms with E-state index in [-0.39, 0.29) is 17.6 Å². The van der Waals surface area contributed by atoms with Gasteiger partial charge in [0.05, 0.1) is 0 Å². The monoisotopic (exact) mass is 324 g/mol. The molecular weight excluding hydrogens is 308 g/mol. The summed E-state index contributed by atoms with van der Waals surface area (Å²) < 4.78 is 1.89. The van der Waals surface area contributed by atoms with Crippen LogP contribution in [0.15, 0.2) is 29.4 Å². The molecule has 0 fully saturated rings. The summed E-state index contributed by atoms with van der Waals surface area (Å²) in [5, 5.41) is 9.97. The van der Waals surface area contributed by atoms with Gasteiger partial charge in [0.2, 0.25) is 5.91 Å². The van der Waals surface area contributed by atoms with Gasteiger partial charge in [-0.25, -0.2) is 0 Å². The number of rotatable bonds is 6. The Morgan fingerprint density at radius 1 is 1.43 bits per heavy atom. The quantitative estimate of drug-likeness (QED) is 0.829. The fraction of sp³-hybridized carbons (Fsp3) is 0.357. The molecule has 2 rings (SSSR count). The van der Waals surface area contributed by atoms with Crippen LogP contribution >= 0.6 is 23.4 Å². The van der Waals surface area contributed by atoms with Gasteiger partial charge < -0.3 is 10.3 Å². The van der Waals surface area contributed by atoms with Gasteiger partial charge in [0.25, 0.3) is 0 Å². The number of primary amides is 1. The molecule has 1 aromatic heterocycles. The second-order valence-electron chi connectivity index (χ2n) is 4.71. The molecule has 0 saturated heterocycles. The number of nitrogens with zero attached hydrogens (tertiary/aromatic N) is 3. The molecule has 5 nitrogen and oxygen atoms in total. The minimum absolute atomic E-state index is 0.158. The Hall–Kier alpha value is -1.53. The molecule has 0 radical (unpaired) electrons. The summed E-state index contributed by atoms with van der Waals surface area (Å²) >= 11 is 7.79. The Labute approximate surface area is 132 Å². The molecular formula is C14H17ClN4OS. The maximum atomic E-state index is 10.8. The van der Waals surface area contributed by atoms with Gasteiger partial charge in [0.1, 0.15) is 5.82 Å². The molecule has 2 N–H and O–H groups in total. The number of hydrogen-bond acceptors (Lipinski definition) is 4. The number of benzene rings is 1. The molecule has 0 aliphatic carbocycles. The highest BCUT2D eigenvalue weighted by atomic mass is 35.5. The van der Waals surface area contributed by atoms with Crippen molar-refractivity contribution in [2.75, 3.05) is 0 Å². The van der Waals surface area contributed by atoms with E-state index in [0.717, 1.165) is 21.6 Å². The molecule has 7 heteroatoms. The second-order valence-corrected chi connectivity index (χ2v) is 6.42. The van der Waals surface area contributed by atoms with Crippen molar-refractivity contribution in [3.05, 3.63) is 40.7 Å². The molecule has 1 atom stereocenters. The fourth-order valence-corrected chi connectivity index (χ4v) is 3.29. The third kappa shape index (κ3) is 3.98. The maximum absolute atomic E-state index is 10.8. The minimum atomic E-state index is -0.336. The van der Waals surface area contributed by atoms with E-state index in [9.17, 15) is 4.79 Å². The number of amides is 1. The van der Waals surface area contributed by atoms with Crippen molar-refractivity contribution in [2.24, 2.45) is 12.8 Å². The molecule has 21 heavy (non-hydrogen) atoms. The van der Waals surface area contributed by atoms with E-state index in [1.807, 2.05) is 35.9 Å². The third-order valence-corrected chi connectivity index (χ3v) is 4.66. The molecule has 0 aliphatic rings. The number of hydrogen-bond donors (Lipinski definition) is 1. The molecule has 1 aromatic carbocycles. The number of nitrogens with two attached hydrogens (primary N) is 1. The minimum Gasteiger partial charge on any atom is -0.370 e. The van der Waals surface area contributed by atoms with E-state index < -0.39 is 0 Å². The molecule has 0 aliphatic heterocycles. The van der Waals surface area contributed by atoms with Crippen molar-refractivity contribution < 1.29 is 4.79 Å². The Morgan fingerprint density at radius 2 is 2.14 bits per heavy atom. The first-order valence-electron chi connectivity index (χ1n) is 6.56. The van der Waals surface area contributed by atoms with Gasteiger partial charge in [0.15, 0.2) is 5.16 Å². The average molecular weight is 325 g/mol. The molecule has 0 unspecified atom stereocenters. The lowest BCUT2D eigenvalue weighted by atomic mass is 10.2. The van der Waals surface area contributed by atoms with Gasteiger partial charge in [-0.1, -0.05) is 41.6 Å². The number of carbonyl (C=O) groups excluding carboxylic acids is 1. The first kappa shape index (κ1) is 15.9. The molecule has 1 amide bonds. The van der Waals surface area contributed by atoms with Gasteiger partial charge in [-0.3, -0.25) is 4.79 Å². The van der Waals surface area contributed by atoms with Gasteiger partial charge in [-0.15, -0.1) is 10.2 Å². The Balaban J connectivity index is 2.10. The first-order chi connectivity index (χ1) is 9.99. The molecule has 0 spiro atoms. The van der Waals surface area contributed by atoms with Crippen LogP contribution in [0.25, 0.3) is 0 Å². The van der Waals surface area contributed by atoms with Crippen molar-refractivity contribution in [3.8, 4) is 0 Å². The summed E-state index contributed by atoms with van der Waals surface area (Å²) in [5.74, 6) is 0.416. The highest BCUT2D eigenvalue weighted by Gasteiger charge is 2.16.